The number of sulfonamides is 1. The number of carbonyl (C=O) groups excluding carboxylic acids is 1. The number of nitrogens with zero attached hydrogens (tertiary/aromatic N) is 1. The van der Waals surface area contributed by atoms with E-state index in [9.17, 15) is 17.6 Å². The van der Waals surface area contributed by atoms with Gasteiger partial charge in [-0.15, -0.1) is 0 Å². The first-order valence-electron chi connectivity index (χ1n) is 9.53. The SMILES string of the molecule is CC(C)(CNC(=O)c1ccc(F)c(S(=O)(=O)N2CCOCC2)c1)c1ccc(Br)cc1. The van der Waals surface area contributed by atoms with Crippen LogP contribution in [-0.2, 0) is 20.2 Å². The quantitative estimate of drug-likeness (QED) is 0.662. The van der Waals surface area contributed by atoms with Gasteiger partial charge in [0.2, 0.25) is 10.0 Å². The van der Waals surface area contributed by atoms with Crippen LogP contribution in [0.2, 0.25) is 0 Å². The number of carbonyl (C=O) groups is 1. The van der Waals surface area contributed by atoms with Crippen molar-refractivity contribution in [3.63, 3.8) is 0 Å². The molecule has 0 spiro atoms. The Morgan fingerprint density at radius 1 is 1.17 bits per heavy atom. The molecule has 2 aromatic carbocycles. The second-order valence-corrected chi connectivity index (χ2v) is 10.6. The fourth-order valence-corrected chi connectivity index (χ4v) is 4.94. The van der Waals surface area contributed by atoms with Gasteiger partial charge in [-0.1, -0.05) is 41.9 Å². The molecule has 30 heavy (non-hydrogen) atoms. The van der Waals surface area contributed by atoms with E-state index < -0.39 is 26.6 Å². The van der Waals surface area contributed by atoms with Crippen LogP contribution in [0, 0.1) is 5.82 Å². The Hall–Kier alpha value is -1.81. The fraction of sp³-hybridized carbons (Fsp3) is 0.381. The minimum absolute atomic E-state index is 0.0924. The van der Waals surface area contributed by atoms with Crippen LogP contribution >= 0.6 is 15.9 Å². The molecular formula is C21H24BrFN2O4S. The predicted molar refractivity (Wildman–Crippen MR) is 115 cm³/mol. The van der Waals surface area contributed by atoms with Gasteiger partial charge in [0.25, 0.3) is 5.91 Å². The maximum Gasteiger partial charge on any atom is 0.251 e. The van der Waals surface area contributed by atoms with E-state index in [0.717, 1.165) is 22.2 Å². The molecule has 0 aromatic heterocycles. The predicted octanol–water partition coefficient (Wildman–Crippen LogP) is 3.32. The zero-order valence-electron chi connectivity index (χ0n) is 16.8. The van der Waals surface area contributed by atoms with E-state index in [1.807, 2.05) is 38.1 Å². The molecule has 1 N–H and O–H groups in total. The summed E-state index contributed by atoms with van der Waals surface area (Å²) in [4.78, 5) is 12.2. The van der Waals surface area contributed by atoms with Crippen molar-refractivity contribution in [2.75, 3.05) is 32.8 Å². The summed E-state index contributed by atoms with van der Waals surface area (Å²) in [6.07, 6.45) is 0. The van der Waals surface area contributed by atoms with Crippen molar-refractivity contribution in [2.24, 2.45) is 0 Å². The van der Waals surface area contributed by atoms with E-state index in [1.54, 1.807) is 0 Å². The molecule has 1 amide bonds. The van der Waals surface area contributed by atoms with Gasteiger partial charge in [-0.2, -0.15) is 4.31 Å². The first-order valence-corrected chi connectivity index (χ1v) is 11.8. The molecule has 162 valence electrons. The highest BCUT2D eigenvalue weighted by molar-refractivity contribution is 9.10. The molecule has 0 atom stereocenters. The molecule has 0 bridgehead atoms. The topological polar surface area (TPSA) is 75.7 Å². The summed E-state index contributed by atoms with van der Waals surface area (Å²) in [7, 11) is -4.05. The molecule has 0 saturated carbocycles. The molecule has 1 fully saturated rings. The van der Waals surface area contributed by atoms with Crippen LogP contribution in [0.15, 0.2) is 51.8 Å². The van der Waals surface area contributed by atoms with Gasteiger partial charge in [-0.25, -0.2) is 12.8 Å². The first kappa shape index (κ1) is 22.9. The minimum Gasteiger partial charge on any atom is -0.379 e. The van der Waals surface area contributed by atoms with Gasteiger partial charge < -0.3 is 10.1 Å². The molecule has 1 heterocycles. The molecule has 9 heteroatoms. The van der Waals surface area contributed by atoms with E-state index in [2.05, 4.69) is 21.2 Å². The highest BCUT2D eigenvalue weighted by Gasteiger charge is 2.30. The van der Waals surface area contributed by atoms with E-state index in [0.29, 0.717) is 6.54 Å². The summed E-state index contributed by atoms with van der Waals surface area (Å²) >= 11 is 3.40. The third-order valence-corrected chi connectivity index (χ3v) is 7.54. The van der Waals surface area contributed by atoms with Gasteiger partial charge in [0.1, 0.15) is 10.7 Å². The zero-order chi connectivity index (χ0) is 21.9. The van der Waals surface area contributed by atoms with Gasteiger partial charge in [-0.3, -0.25) is 4.79 Å². The number of halogens is 2. The number of hydrogen-bond acceptors (Lipinski definition) is 4. The number of hydrogen-bond donors (Lipinski definition) is 1. The third kappa shape index (κ3) is 5.08. The average Bonchev–Trinajstić information content (AvgIpc) is 2.73. The molecule has 1 aliphatic rings. The average molecular weight is 499 g/mol. The van der Waals surface area contributed by atoms with Crippen LogP contribution in [0.1, 0.15) is 29.8 Å². The number of morpholine rings is 1. The first-order chi connectivity index (χ1) is 14.1. The fourth-order valence-electron chi connectivity index (χ4n) is 3.17. The van der Waals surface area contributed by atoms with Crippen molar-refractivity contribution in [2.45, 2.75) is 24.2 Å². The normalized spacial score (nSPS) is 15.7. The Kier molecular flexibility index (Phi) is 6.96. The van der Waals surface area contributed by atoms with E-state index in [4.69, 9.17) is 4.74 Å². The highest BCUT2D eigenvalue weighted by atomic mass is 79.9. The lowest BCUT2D eigenvalue weighted by Crippen LogP contribution is -2.41. The third-order valence-electron chi connectivity index (χ3n) is 5.10. The van der Waals surface area contributed by atoms with Crippen LogP contribution < -0.4 is 5.32 Å². The lowest BCUT2D eigenvalue weighted by molar-refractivity contribution is 0.0729. The standard InChI is InChI=1S/C21H24BrFN2O4S/c1-21(2,16-4-6-17(22)7-5-16)14-24-20(26)15-3-8-18(23)19(13-15)30(27,28)25-9-11-29-12-10-25/h3-8,13H,9-12,14H2,1-2H3,(H,24,26). The number of amides is 1. The van der Waals surface area contributed by atoms with Gasteiger partial charge in [-0.05, 0) is 35.9 Å². The smallest absolute Gasteiger partial charge is 0.251 e. The summed E-state index contributed by atoms with van der Waals surface area (Å²) in [5.41, 5.74) is 0.787. The molecule has 2 aromatic rings. The van der Waals surface area contributed by atoms with Gasteiger partial charge in [0, 0.05) is 35.1 Å². The minimum atomic E-state index is -4.05. The lowest BCUT2D eigenvalue weighted by atomic mass is 9.84. The zero-order valence-corrected chi connectivity index (χ0v) is 19.2. The Morgan fingerprint density at radius 3 is 2.43 bits per heavy atom. The maximum absolute atomic E-state index is 14.3. The van der Waals surface area contributed by atoms with Crippen molar-refractivity contribution in [1.29, 1.82) is 0 Å². The summed E-state index contributed by atoms with van der Waals surface area (Å²) in [6.45, 7) is 5.14. The Morgan fingerprint density at radius 2 is 1.80 bits per heavy atom. The molecule has 0 aliphatic carbocycles. The highest BCUT2D eigenvalue weighted by Crippen LogP contribution is 2.25. The summed E-state index contributed by atoms with van der Waals surface area (Å²) in [5.74, 6) is -1.34. The number of ether oxygens (including phenoxy) is 1. The molecule has 1 aliphatic heterocycles. The van der Waals surface area contributed by atoms with Crippen molar-refractivity contribution >= 4 is 31.9 Å². The van der Waals surface area contributed by atoms with E-state index in [-0.39, 0.29) is 37.3 Å². The summed E-state index contributed by atoms with van der Waals surface area (Å²) in [5, 5.41) is 2.83. The van der Waals surface area contributed by atoms with Crippen molar-refractivity contribution < 1.29 is 22.3 Å². The number of benzene rings is 2. The van der Waals surface area contributed by atoms with E-state index >= 15 is 0 Å². The Balaban J connectivity index is 1.76. The van der Waals surface area contributed by atoms with Gasteiger partial charge >= 0.3 is 0 Å². The van der Waals surface area contributed by atoms with Crippen LogP contribution in [0.3, 0.4) is 0 Å². The lowest BCUT2D eigenvalue weighted by Gasteiger charge is -2.27. The van der Waals surface area contributed by atoms with Crippen LogP contribution in [0.25, 0.3) is 0 Å². The number of rotatable bonds is 6. The Labute approximate surface area is 184 Å². The molecule has 6 nitrogen and oxygen atoms in total. The van der Waals surface area contributed by atoms with Crippen LogP contribution in [-0.4, -0.2) is 51.5 Å². The monoisotopic (exact) mass is 498 g/mol. The van der Waals surface area contributed by atoms with Crippen LogP contribution in [0.4, 0.5) is 4.39 Å². The molecule has 0 radical (unpaired) electrons. The summed E-state index contributed by atoms with van der Waals surface area (Å²) < 4.78 is 47.3. The van der Waals surface area contributed by atoms with E-state index in [1.165, 1.54) is 10.4 Å². The molecule has 0 unspecified atom stereocenters. The second-order valence-electron chi connectivity index (χ2n) is 7.74. The Bertz CT molecular complexity index is 1020. The van der Waals surface area contributed by atoms with Crippen molar-refractivity contribution in [3.8, 4) is 0 Å². The van der Waals surface area contributed by atoms with Crippen molar-refractivity contribution in [3.05, 3.63) is 63.9 Å². The van der Waals surface area contributed by atoms with Crippen LogP contribution in [0.5, 0.6) is 0 Å². The summed E-state index contributed by atoms with van der Waals surface area (Å²) in [6, 6.07) is 11.2. The molecule has 1 saturated heterocycles. The molecule has 3 rings (SSSR count). The van der Waals surface area contributed by atoms with Gasteiger partial charge in [0.15, 0.2) is 0 Å². The number of nitrogens with one attached hydrogen (secondary N) is 1. The molecular weight excluding hydrogens is 475 g/mol. The maximum atomic E-state index is 14.3. The largest absolute Gasteiger partial charge is 0.379 e. The van der Waals surface area contributed by atoms with Crippen molar-refractivity contribution in [1.82, 2.24) is 9.62 Å². The second kappa shape index (κ2) is 9.13. The van der Waals surface area contributed by atoms with Gasteiger partial charge in [0.05, 0.1) is 13.2 Å².